The summed E-state index contributed by atoms with van der Waals surface area (Å²) >= 11 is 5.69. The Bertz CT molecular complexity index is 560. The van der Waals surface area contributed by atoms with Gasteiger partial charge in [0, 0.05) is 18.5 Å². The normalized spacial score (nSPS) is 9.94. The average molecular weight is 251 g/mol. The second-order valence-corrected chi connectivity index (χ2v) is 3.54. The minimum Gasteiger partial charge on any atom is -0.505 e. The van der Waals surface area contributed by atoms with E-state index >= 15 is 0 Å². The molecule has 0 atom stereocenters. The Morgan fingerprint density at radius 3 is 2.94 bits per heavy atom. The molecule has 6 heteroatoms. The highest BCUT2D eigenvalue weighted by atomic mass is 35.5. The van der Waals surface area contributed by atoms with E-state index in [1.54, 1.807) is 0 Å². The third kappa shape index (κ3) is 2.70. The highest BCUT2D eigenvalue weighted by Crippen LogP contribution is 2.19. The maximum atomic E-state index is 11.6. The Morgan fingerprint density at radius 2 is 2.24 bits per heavy atom. The Labute approximate surface area is 102 Å². The number of aromatic hydroxyl groups is 1. The van der Waals surface area contributed by atoms with E-state index in [1.165, 1.54) is 36.8 Å². The van der Waals surface area contributed by atoms with Gasteiger partial charge in [0.05, 0.1) is 11.2 Å². The van der Waals surface area contributed by atoms with Gasteiger partial charge in [-0.15, -0.1) is 0 Å². The van der Waals surface area contributed by atoms with Gasteiger partial charge in [-0.3, -0.25) is 4.98 Å². The number of carbonyl (C=O) groups excluding carboxylic acids is 1. The van der Waals surface area contributed by atoms with Crippen LogP contribution in [-0.4, -0.2) is 21.0 Å². The maximum absolute atomic E-state index is 11.6. The summed E-state index contributed by atoms with van der Waals surface area (Å²) < 4.78 is 4.95. The van der Waals surface area contributed by atoms with Crippen molar-refractivity contribution in [2.45, 2.75) is 0 Å². The molecule has 1 N–H and O–H groups in total. The number of ether oxygens (including phenoxy) is 1. The number of hydrogen-bond acceptors (Lipinski definition) is 5. The van der Waals surface area contributed by atoms with Crippen molar-refractivity contribution >= 4 is 17.6 Å². The van der Waals surface area contributed by atoms with Gasteiger partial charge in [-0.1, -0.05) is 11.6 Å². The molecule has 0 amide bonds. The lowest BCUT2D eigenvalue weighted by Gasteiger charge is -2.04. The van der Waals surface area contributed by atoms with Gasteiger partial charge in [0.1, 0.15) is 5.75 Å². The fourth-order valence-electron chi connectivity index (χ4n) is 1.16. The summed E-state index contributed by atoms with van der Waals surface area (Å²) in [6.07, 6.45) is 4.13. The SMILES string of the molecule is O=C(Oc1cncc(Cl)c1)c1ncccc1O. The summed E-state index contributed by atoms with van der Waals surface area (Å²) in [5, 5.41) is 9.76. The van der Waals surface area contributed by atoms with Crippen LogP contribution in [0.3, 0.4) is 0 Å². The fraction of sp³-hybridized carbons (Fsp3) is 0. The van der Waals surface area contributed by atoms with E-state index in [9.17, 15) is 9.90 Å². The highest BCUT2D eigenvalue weighted by Gasteiger charge is 2.14. The van der Waals surface area contributed by atoms with Crippen LogP contribution in [0.4, 0.5) is 0 Å². The number of halogens is 1. The zero-order valence-corrected chi connectivity index (χ0v) is 9.26. The van der Waals surface area contributed by atoms with E-state index in [-0.39, 0.29) is 17.2 Å². The summed E-state index contributed by atoms with van der Waals surface area (Å²) in [7, 11) is 0. The third-order valence-corrected chi connectivity index (χ3v) is 2.08. The molecule has 0 aliphatic rings. The number of aromatic nitrogens is 2. The molecule has 0 fully saturated rings. The van der Waals surface area contributed by atoms with Crippen molar-refractivity contribution in [1.29, 1.82) is 0 Å². The minimum absolute atomic E-state index is 0.160. The zero-order valence-electron chi connectivity index (χ0n) is 8.50. The van der Waals surface area contributed by atoms with Gasteiger partial charge in [0.2, 0.25) is 0 Å². The molecule has 0 aliphatic heterocycles. The topological polar surface area (TPSA) is 72.3 Å². The minimum atomic E-state index is -0.771. The lowest BCUT2D eigenvalue weighted by Crippen LogP contribution is -2.10. The molecule has 5 nitrogen and oxygen atoms in total. The van der Waals surface area contributed by atoms with Crippen LogP contribution in [0.1, 0.15) is 10.5 Å². The molecule has 0 unspecified atom stereocenters. The van der Waals surface area contributed by atoms with Crippen LogP contribution in [0.5, 0.6) is 11.5 Å². The second-order valence-electron chi connectivity index (χ2n) is 3.10. The lowest BCUT2D eigenvalue weighted by molar-refractivity contribution is 0.0724. The highest BCUT2D eigenvalue weighted by molar-refractivity contribution is 6.30. The van der Waals surface area contributed by atoms with Crippen LogP contribution in [0.25, 0.3) is 0 Å². The van der Waals surface area contributed by atoms with Crippen molar-refractivity contribution in [3.05, 3.63) is 47.5 Å². The van der Waals surface area contributed by atoms with Gasteiger partial charge in [-0.25, -0.2) is 9.78 Å². The van der Waals surface area contributed by atoms with Crippen molar-refractivity contribution in [3.63, 3.8) is 0 Å². The van der Waals surface area contributed by atoms with Crippen LogP contribution in [0.15, 0.2) is 36.8 Å². The van der Waals surface area contributed by atoms with Crippen molar-refractivity contribution in [2.75, 3.05) is 0 Å². The van der Waals surface area contributed by atoms with Crippen LogP contribution < -0.4 is 4.74 Å². The van der Waals surface area contributed by atoms with Gasteiger partial charge in [0.25, 0.3) is 0 Å². The van der Waals surface area contributed by atoms with Gasteiger partial charge in [0.15, 0.2) is 11.4 Å². The molecule has 0 saturated heterocycles. The summed E-state index contributed by atoms with van der Waals surface area (Å²) in [6, 6.07) is 4.29. The molecule has 2 heterocycles. The molecule has 0 aliphatic carbocycles. The molecule has 0 bridgehead atoms. The Hall–Kier alpha value is -2.14. The van der Waals surface area contributed by atoms with Crippen molar-refractivity contribution in [3.8, 4) is 11.5 Å². The Balaban J connectivity index is 2.20. The Kier molecular flexibility index (Phi) is 3.20. The first-order valence-corrected chi connectivity index (χ1v) is 5.01. The lowest BCUT2D eigenvalue weighted by atomic mass is 10.3. The van der Waals surface area contributed by atoms with E-state index in [0.29, 0.717) is 5.02 Å². The predicted octanol–water partition coefficient (Wildman–Crippen LogP) is 2.05. The van der Waals surface area contributed by atoms with E-state index in [1.807, 2.05) is 0 Å². The van der Waals surface area contributed by atoms with Crippen molar-refractivity contribution < 1.29 is 14.6 Å². The van der Waals surface area contributed by atoms with E-state index in [0.717, 1.165) is 0 Å². The van der Waals surface area contributed by atoms with E-state index in [4.69, 9.17) is 16.3 Å². The molecule has 17 heavy (non-hydrogen) atoms. The number of hydrogen-bond donors (Lipinski definition) is 1. The summed E-state index contributed by atoms with van der Waals surface area (Å²) in [6.45, 7) is 0. The number of esters is 1. The average Bonchev–Trinajstić information content (AvgIpc) is 2.29. The largest absolute Gasteiger partial charge is 0.505 e. The first kappa shape index (κ1) is 11.3. The number of pyridine rings is 2. The van der Waals surface area contributed by atoms with E-state index < -0.39 is 5.97 Å². The number of rotatable bonds is 2. The molecule has 0 saturated carbocycles. The monoisotopic (exact) mass is 250 g/mol. The number of nitrogens with zero attached hydrogens (tertiary/aromatic N) is 2. The molecular formula is C11H7ClN2O3. The predicted molar refractivity (Wildman–Crippen MR) is 60.1 cm³/mol. The van der Waals surface area contributed by atoms with Gasteiger partial charge < -0.3 is 9.84 Å². The molecule has 0 radical (unpaired) electrons. The molecule has 2 aromatic rings. The summed E-state index contributed by atoms with van der Waals surface area (Å²) in [4.78, 5) is 19.1. The maximum Gasteiger partial charge on any atom is 0.366 e. The van der Waals surface area contributed by atoms with Crippen molar-refractivity contribution in [2.24, 2.45) is 0 Å². The standard InChI is InChI=1S/C11H7ClN2O3/c12-7-4-8(6-13-5-7)17-11(16)10-9(15)2-1-3-14-10/h1-6,15H. The molecular weight excluding hydrogens is 244 g/mol. The molecule has 2 rings (SSSR count). The van der Waals surface area contributed by atoms with Crippen LogP contribution in [0, 0.1) is 0 Å². The second kappa shape index (κ2) is 4.80. The summed E-state index contributed by atoms with van der Waals surface area (Å²) in [5.74, 6) is -0.827. The summed E-state index contributed by atoms with van der Waals surface area (Å²) in [5.41, 5.74) is -0.160. The molecule has 86 valence electrons. The number of carbonyl (C=O) groups is 1. The first-order chi connectivity index (χ1) is 8.16. The molecule has 0 spiro atoms. The molecule has 2 aromatic heterocycles. The quantitative estimate of drug-likeness (QED) is 0.826. The van der Waals surface area contributed by atoms with Gasteiger partial charge in [-0.2, -0.15) is 0 Å². The molecule has 0 aromatic carbocycles. The van der Waals surface area contributed by atoms with Crippen molar-refractivity contribution in [1.82, 2.24) is 9.97 Å². The van der Waals surface area contributed by atoms with Crippen LogP contribution in [-0.2, 0) is 0 Å². The van der Waals surface area contributed by atoms with Crippen LogP contribution >= 0.6 is 11.6 Å². The smallest absolute Gasteiger partial charge is 0.366 e. The fourth-order valence-corrected chi connectivity index (χ4v) is 1.32. The third-order valence-electron chi connectivity index (χ3n) is 1.87. The van der Waals surface area contributed by atoms with Crippen LogP contribution in [0.2, 0.25) is 5.02 Å². The zero-order chi connectivity index (χ0) is 12.3. The Morgan fingerprint density at radius 1 is 1.41 bits per heavy atom. The van der Waals surface area contributed by atoms with E-state index in [2.05, 4.69) is 9.97 Å². The van der Waals surface area contributed by atoms with Gasteiger partial charge in [-0.05, 0) is 12.1 Å². The van der Waals surface area contributed by atoms with Gasteiger partial charge >= 0.3 is 5.97 Å². The first-order valence-electron chi connectivity index (χ1n) is 4.63.